The molecule has 6 heteroatoms. The molecule has 3 rings (SSSR count). The molecule has 0 amide bonds. The van der Waals surface area contributed by atoms with Crippen LogP contribution < -0.4 is 4.74 Å². The van der Waals surface area contributed by atoms with Gasteiger partial charge in [-0.3, -0.25) is 4.98 Å². The van der Waals surface area contributed by atoms with Crippen LogP contribution in [-0.4, -0.2) is 16.6 Å². The first-order valence-corrected chi connectivity index (χ1v) is 9.68. The van der Waals surface area contributed by atoms with E-state index in [0.29, 0.717) is 28.6 Å². The number of aromatic nitrogens is 2. The normalized spacial score (nSPS) is 12.7. The van der Waals surface area contributed by atoms with Crippen LogP contribution in [0.1, 0.15) is 39.2 Å². The van der Waals surface area contributed by atoms with Crippen molar-refractivity contribution in [3.05, 3.63) is 53.3 Å². The Bertz CT molecular complexity index is 962. The standard InChI is InChI=1S/C22H23ClF2N2O/c1-13(2)8-14(3)12-28-22-19(21(24)25)9-15(11-27-22)17-6-7-26-20-10-16(23)4-5-18(17)20/h4-7,9-11,13-14,21H,8,12H2,1-3H3. The maximum Gasteiger partial charge on any atom is 0.269 e. The molecular weight excluding hydrogens is 382 g/mol. The molecule has 0 aliphatic heterocycles. The van der Waals surface area contributed by atoms with Crippen LogP contribution in [0, 0.1) is 11.8 Å². The molecule has 3 nitrogen and oxygen atoms in total. The molecule has 1 atom stereocenters. The molecular formula is C22H23ClF2N2O. The number of halogens is 3. The number of nitrogens with zero attached hydrogens (tertiary/aromatic N) is 2. The SMILES string of the molecule is CC(C)CC(C)COc1ncc(-c2ccnc3cc(Cl)ccc23)cc1C(F)F. The third-order valence-electron chi connectivity index (χ3n) is 4.51. The van der Waals surface area contributed by atoms with Gasteiger partial charge < -0.3 is 4.74 Å². The van der Waals surface area contributed by atoms with Crippen molar-refractivity contribution < 1.29 is 13.5 Å². The van der Waals surface area contributed by atoms with Crippen LogP contribution >= 0.6 is 11.6 Å². The van der Waals surface area contributed by atoms with Gasteiger partial charge in [-0.1, -0.05) is 38.4 Å². The lowest BCUT2D eigenvalue weighted by molar-refractivity contribution is 0.140. The minimum Gasteiger partial charge on any atom is -0.477 e. The molecule has 0 spiro atoms. The summed E-state index contributed by atoms with van der Waals surface area (Å²) in [6.45, 7) is 6.66. The zero-order valence-corrected chi connectivity index (χ0v) is 16.9. The van der Waals surface area contributed by atoms with Crippen molar-refractivity contribution in [3.8, 4) is 17.0 Å². The highest BCUT2D eigenvalue weighted by molar-refractivity contribution is 6.31. The van der Waals surface area contributed by atoms with Gasteiger partial charge in [0.25, 0.3) is 6.43 Å². The summed E-state index contributed by atoms with van der Waals surface area (Å²) < 4.78 is 33.0. The molecule has 1 unspecified atom stereocenters. The lowest BCUT2D eigenvalue weighted by Gasteiger charge is -2.17. The molecule has 0 saturated carbocycles. The monoisotopic (exact) mass is 404 g/mol. The average molecular weight is 405 g/mol. The van der Waals surface area contributed by atoms with Crippen molar-refractivity contribution in [3.63, 3.8) is 0 Å². The predicted molar refractivity (Wildman–Crippen MR) is 109 cm³/mol. The van der Waals surface area contributed by atoms with Gasteiger partial charge in [0.1, 0.15) is 0 Å². The summed E-state index contributed by atoms with van der Waals surface area (Å²) in [6, 6.07) is 8.57. The molecule has 2 aromatic heterocycles. The molecule has 2 heterocycles. The van der Waals surface area contributed by atoms with Crippen molar-refractivity contribution in [2.24, 2.45) is 11.8 Å². The van der Waals surface area contributed by atoms with E-state index in [1.165, 1.54) is 6.07 Å². The van der Waals surface area contributed by atoms with Gasteiger partial charge in [0.2, 0.25) is 5.88 Å². The second-order valence-corrected chi connectivity index (χ2v) is 7.92. The molecule has 28 heavy (non-hydrogen) atoms. The van der Waals surface area contributed by atoms with Crippen LogP contribution in [-0.2, 0) is 0 Å². The molecule has 0 fully saturated rings. The Balaban J connectivity index is 1.93. The molecule has 0 bridgehead atoms. The summed E-state index contributed by atoms with van der Waals surface area (Å²) >= 11 is 6.03. The first-order valence-electron chi connectivity index (χ1n) is 9.30. The molecule has 0 saturated heterocycles. The van der Waals surface area contributed by atoms with Gasteiger partial charge in [0.05, 0.1) is 17.7 Å². The summed E-state index contributed by atoms with van der Waals surface area (Å²) in [6.07, 6.45) is 1.49. The highest BCUT2D eigenvalue weighted by Crippen LogP contribution is 2.34. The molecule has 1 aromatic carbocycles. The maximum absolute atomic E-state index is 13.7. The molecule has 0 N–H and O–H groups in total. The average Bonchev–Trinajstić information content (AvgIpc) is 2.65. The van der Waals surface area contributed by atoms with Crippen molar-refractivity contribution in [2.45, 2.75) is 33.6 Å². The number of alkyl halides is 2. The van der Waals surface area contributed by atoms with Crippen LogP contribution in [0.25, 0.3) is 22.0 Å². The summed E-state index contributed by atoms with van der Waals surface area (Å²) in [7, 11) is 0. The molecule has 148 valence electrons. The van der Waals surface area contributed by atoms with Crippen molar-refractivity contribution >= 4 is 22.5 Å². The largest absolute Gasteiger partial charge is 0.477 e. The fourth-order valence-electron chi connectivity index (χ4n) is 3.36. The van der Waals surface area contributed by atoms with Crippen LogP contribution in [0.3, 0.4) is 0 Å². The number of benzene rings is 1. The van der Waals surface area contributed by atoms with Crippen molar-refractivity contribution in [1.82, 2.24) is 9.97 Å². The number of hydrogen-bond donors (Lipinski definition) is 0. The summed E-state index contributed by atoms with van der Waals surface area (Å²) in [5, 5.41) is 1.40. The van der Waals surface area contributed by atoms with E-state index in [4.69, 9.17) is 16.3 Å². The van der Waals surface area contributed by atoms with E-state index in [0.717, 1.165) is 17.4 Å². The number of fused-ring (bicyclic) bond motifs is 1. The van der Waals surface area contributed by atoms with E-state index in [2.05, 4.69) is 23.8 Å². The zero-order valence-electron chi connectivity index (χ0n) is 16.1. The maximum atomic E-state index is 13.7. The Labute approximate surface area is 168 Å². The number of hydrogen-bond acceptors (Lipinski definition) is 3. The number of rotatable bonds is 7. The predicted octanol–water partition coefficient (Wildman–Crippen LogP) is 6.95. The summed E-state index contributed by atoms with van der Waals surface area (Å²) in [5.41, 5.74) is 1.86. The van der Waals surface area contributed by atoms with Crippen molar-refractivity contribution in [2.75, 3.05) is 6.61 Å². The second kappa shape index (κ2) is 8.82. The summed E-state index contributed by atoms with van der Waals surface area (Å²) in [4.78, 5) is 8.50. The molecule has 0 aliphatic carbocycles. The van der Waals surface area contributed by atoms with Crippen molar-refractivity contribution in [1.29, 1.82) is 0 Å². The first kappa shape index (κ1) is 20.5. The van der Waals surface area contributed by atoms with Crippen LogP contribution in [0.5, 0.6) is 5.88 Å². The Kier molecular flexibility index (Phi) is 6.45. The zero-order chi connectivity index (χ0) is 20.3. The van der Waals surface area contributed by atoms with Gasteiger partial charge in [0.15, 0.2) is 0 Å². The van der Waals surface area contributed by atoms with E-state index >= 15 is 0 Å². The van der Waals surface area contributed by atoms with Gasteiger partial charge in [0, 0.05) is 28.4 Å². The third kappa shape index (κ3) is 4.76. The van der Waals surface area contributed by atoms with Crippen LogP contribution in [0.2, 0.25) is 5.02 Å². The Morgan fingerprint density at radius 1 is 1.07 bits per heavy atom. The summed E-state index contributed by atoms with van der Waals surface area (Å²) in [5.74, 6) is 0.786. The Hall–Kier alpha value is -2.27. The van der Waals surface area contributed by atoms with E-state index in [1.54, 1.807) is 30.6 Å². The first-order chi connectivity index (χ1) is 13.3. The number of pyridine rings is 2. The topological polar surface area (TPSA) is 35.0 Å². The van der Waals surface area contributed by atoms with E-state index < -0.39 is 6.43 Å². The van der Waals surface area contributed by atoms with E-state index in [9.17, 15) is 8.78 Å². The van der Waals surface area contributed by atoms with Gasteiger partial charge >= 0.3 is 0 Å². The molecule has 0 aliphatic rings. The smallest absolute Gasteiger partial charge is 0.269 e. The fraction of sp³-hybridized carbons (Fsp3) is 0.364. The quantitative estimate of drug-likeness (QED) is 0.427. The lowest BCUT2D eigenvalue weighted by Crippen LogP contribution is -2.12. The van der Waals surface area contributed by atoms with Gasteiger partial charge in [-0.25, -0.2) is 13.8 Å². The van der Waals surface area contributed by atoms with Gasteiger partial charge in [-0.05, 0) is 48.1 Å². The highest BCUT2D eigenvalue weighted by atomic mass is 35.5. The number of ether oxygens (including phenoxy) is 1. The van der Waals surface area contributed by atoms with Gasteiger partial charge in [-0.15, -0.1) is 0 Å². The molecule has 0 radical (unpaired) electrons. The second-order valence-electron chi connectivity index (χ2n) is 7.48. The van der Waals surface area contributed by atoms with E-state index in [-0.39, 0.29) is 17.4 Å². The minimum atomic E-state index is -2.68. The Morgan fingerprint density at radius 2 is 1.86 bits per heavy atom. The Morgan fingerprint density at radius 3 is 2.57 bits per heavy atom. The fourth-order valence-corrected chi connectivity index (χ4v) is 3.53. The van der Waals surface area contributed by atoms with Gasteiger partial charge in [-0.2, -0.15) is 0 Å². The van der Waals surface area contributed by atoms with E-state index in [1.807, 2.05) is 13.0 Å². The van der Waals surface area contributed by atoms with Crippen LogP contribution in [0.4, 0.5) is 8.78 Å². The molecule has 3 aromatic rings. The highest BCUT2D eigenvalue weighted by Gasteiger charge is 2.19. The third-order valence-corrected chi connectivity index (χ3v) is 4.74. The lowest BCUT2D eigenvalue weighted by atomic mass is 10.00. The van der Waals surface area contributed by atoms with Crippen LogP contribution in [0.15, 0.2) is 42.7 Å². The minimum absolute atomic E-state index is 0.00392.